The van der Waals surface area contributed by atoms with Crippen LogP contribution in [0.15, 0.2) is 48.5 Å². The van der Waals surface area contributed by atoms with Gasteiger partial charge < -0.3 is 30.3 Å². The van der Waals surface area contributed by atoms with Crippen LogP contribution in [0.1, 0.15) is 40.4 Å². The zero-order valence-corrected chi connectivity index (χ0v) is 22.8. The van der Waals surface area contributed by atoms with Crippen molar-refractivity contribution in [2.45, 2.75) is 38.7 Å². The largest absolute Gasteiger partial charge is 0.504 e. The zero-order chi connectivity index (χ0) is 28.6. The molecule has 1 atom stereocenters. The van der Waals surface area contributed by atoms with E-state index in [9.17, 15) is 19.8 Å². The summed E-state index contributed by atoms with van der Waals surface area (Å²) in [4.78, 5) is 34.0. The van der Waals surface area contributed by atoms with E-state index < -0.39 is 24.5 Å². The van der Waals surface area contributed by atoms with Crippen LogP contribution in [0.5, 0.6) is 5.75 Å². The third kappa shape index (κ3) is 7.55. The van der Waals surface area contributed by atoms with Gasteiger partial charge in [-0.25, -0.2) is 9.97 Å². The van der Waals surface area contributed by atoms with Crippen molar-refractivity contribution >= 4 is 17.6 Å². The molecule has 0 saturated carbocycles. The molecule has 1 aliphatic rings. The number of carboxylic acids is 1. The number of aromatic hydroxyl groups is 1. The molecule has 212 valence electrons. The number of amides is 1. The van der Waals surface area contributed by atoms with Gasteiger partial charge in [-0.15, -0.1) is 0 Å². The SMILES string of the molecule is COC[C@@H](O)Cc1ccc(-c2ccc(N3CCC(Cc4nc(C)c(O)c(C(=O)NCC(=O)O)n4)CC3)cc2)cc1. The first kappa shape index (κ1) is 29.0. The van der Waals surface area contributed by atoms with Crippen molar-refractivity contribution in [3.63, 3.8) is 0 Å². The summed E-state index contributed by atoms with van der Waals surface area (Å²) in [6, 6.07) is 16.8. The molecule has 0 unspecified atom stereocenters. The Hall–Kier alpha value is -4.02. The lowest BCUT2D eigenvalue weighted by molar-refractivity contribution is -0.135. The van der Waals surface area contributed by atoms with Gasteiger partial charge in [0.1, 0.15) is 12.4 Å². The number of aliphatic carboxylic acids is 1. The summed E-state index contributed by atoms with van der Waals surface area (Å²) in [5, 5.41) is 31.2. The maximum atomic E-state index is 12.3. The molecule has 4 rings (SSSR count). The monoisotopic (exact) mass is 548 g/mol. The molecule has 0 aliphatic carbocycles. The maximum absolute atomic E-state index is 12.3. The van der Waals surface area contributed by atoms with Gasteiger partial charge in [0.15, 0.2) is 11.4 Å². The summed E-state index contributed by atoms with van der Waals surface area (Å²) in [5.74, 6) is -1.44. The Labute approximate surface area is 233 Å². The van der Waals surface area contributed by atoms with Crippen molar-refractivity contribution in [3.8, 4) is 16.9 Å². The molecule has 10 heteroatoms. The highest BCUT2D eigenvalue weighted by atomic mass is 16.5. The van der Waals surface area contributed by atoms with Gasteiger partial charge in [0.05, 0.1) is 18.4 Å². The molecule has 1 fully saturated rings. The number of hydrogen-bond donors (Lipinski definition) is 4. The van der Waals surface area contributed by atoms with Crippen LogP contribution in [0, 0.1) is 12.8 Å². The molecule has 2 aromatic carbocycles. The van der Waals surface area contributed by atoms with Crippen LogP contribution in [0.2, 0.25) is 0 Å². The van der Waals surface area contributed by atoms with Crippen molar-refractivity contribution in [1.29, 1.82) is 0 Å². The van der Waals surface area contributed by atoms with E-state index in [4.69, 9.17) is 9.84 Å². The van der Waals surface area contributed by atoms with Crippen LogP contribution in [0.3, 0.4) is 0 Å². The number of aryl methyl sites for hydroxylation is 1. The minimum absolute atomic E-state index is 0.195. The van der Waals surface area contributed by atoms with Crippen LogP contribution in [0.4, 0.5) is 5.69 Å². The predicted molar refractivity (Wildman–Crippen MR) is 151 cm³/mol. The molecule has 0 radical (unpaired) electrons. The number of aliphatic hydroxyl groups excluding tert-OH is 1. The number of aromatic nitrogens is 2. The molecular formula is C30H36N4O6. The number of carboxylic acid groups (broad SMARTS) is 1. The van der Waals surface area contributed by atoms with E-state index in [0.717, 1.165) is 48.3 Å². The molecule has 1 aliphatic heterocycles. The Morgan fingerprint density at radius 1 is 1.05 bits per heavy atom. The van der Waals surface area contributed by atoms with Crippen molar-refractivity contribution in [1.82, 2.24) is 15.3 Å². The average molecular weight is 549 g/mol. The van der Waals surface area contributed by atoms with Gasteiger partial charge in [-0.3, -0.25) is 9.59 Å². The molecule has 0 spiro atoms. The number of ether oxygens (including phenoxy) is 1. The number of aliphatic hydroxyl groups is 1. The van der Waals surface area contributed by atoms with E-state index in [2.05, 4.69) is 56.6 Å². The molecule has 2 heterocycles. The number of piperidine rings is 1. The fourth-order valence-corrected chi connectivity index (χ4v) is 4.99. The highest BCUT2D eigenvalue weighted by Crippen LogP contribution is 2.29. The Balaban J connectivity index is 1.32. The quantitative estimate of drug-likeness (QED) is 0.284. The van der Waals surface area contributed by atoms with Crippen molar-refractivity contribution in [3.05, 3.63) is 71.3 Å². The number of rotatable bonds is 11. The Kier molecular flexibility index (Phi) is 9.68. The summed E-state index contributed by atoms with van der Waals surface area (Å²) in [5.41, 5.74) is 4.58. The number of hydrogen-bond acceptors (Lipinski definition) is 8. The van der Waals surface area contributed by atoms with Gasteiger partial charge in [0.2, 0.25) is 0 Å². The van der Waals surface area contributed by atoms with E-state index >= 15 is 0 Å². The van der Waals surface area contributed by atoms with E-state index in [1.807, 2.05) is 12.1 Å². The Morgan fingerprint density at radius 3 is 2.27 bits per heavy atom. The minimum Gasteiger partial charge on any atom is -0.504 e. The van der Waals surface area contributed by atoms with Crippen molar-refractivity contribution < 1.29 is 29.6 Å². The molecule has 40 heavy (non-hydrogen) atoms. The standard InChI is InChI=1S/C30H36N4O6/c1-19-29(38)28(30(39)31-17-27(36)37)33-26(32-19)16-21-11-13-34(14-12-21)24-9-7-23(8-10-24)22-5-3-20(4-6-22)15-25(35)18-40-2/h3-10,21,25,35,38H,11-18H2,1-2H3,(H,31,39)(H,36,37)/t25-/m0/s1. The second-order valence-corrected chi connectivity index (χ2v) is 10.2. The molecule has 10 nitrogen and oxygen atoms in total. The topological polar surface area (TPSA) is 145 Å². The predicted octanol–water partition coefficient (Wildman–Crippen LogP) is 2.98. The number of methoxy groups -OCH3 is 1. The number of anilines is 1. The molecule has 1 saturated heterocycles. The van der Waals surface area contributed by atoms with Gasteiger partial charge in [-0.05, 0) is 54.5 Å². The first-order valence-electron chi connectivity index (χ1n) is 13.4. The maximum Gasteiger partial charge on any atom is 0.322 e. The summed E-state index contributed by atoms with van der Waals surface area (Å²) in [6.07, 6.45) is 2.49. The Morgan fingerprint density at radius 2 is 1.68 bits per heavy atom. The molecule has 1 amide bonds. The molecule has 4 N–H and O–H groups in total. The van der Waals surface area contributed by atoms with Crippen LogP contribution < -0.4 is 10.2 Å². The van der Waals surface area contributed by atoms with Gasteiger partial charge in [0, 0.05) is 38.7 Å². The fourth-order valence-electron chi connectivity index (χ4n) is 4.99. The molecule has 0 bridgehead atoms. The lowest BCUT2D eigenvalue weighted by Gasteiger charge is -2.33. The van der Waals surface area contributed by atoms with E-state index in [1.165, 1.54) is 0 Å². The third-order valence-electron chi connectivity index (χ3n) is 7.16. The number of carbonyl (C=O) groups excluding carboxylic acids is 1. The lowest BCUT2D eigenvalue weighted by Crippen LogP contribution is -2.34. The normalized spacial score (nSPS) is 14.6. The van der Waals surface area contributed by atoms with Gasteiger partial charge in [-0.2, -0.15) is 0 Å². The van der Waals surface area contributed by atoms with Crippen LogP contribution >= 0.6 is 0 Å². The highest BCUT2D eigenvalue weighted by molar-refractivity contribution is 5.96. The van der Waals surface area contributed by atoms with Crippen LogP contribution in [-0.2, 0) is 22.4 Å². The zero-order valence-electron chi connectivity index (χ0n) is 22.8. The molecule has 1 aromatic heterocycles. The highest BCUT2D eigenvalue weighted by Gasteiger charge is 2.23. The van der Waals surface area contributed by atoms with Crippen molar-refractivity contribution in [2.75, 3.05) is 38.3 Å². The second kappa shape index (κ2) is 13.4. The van der Waals surface area contributed by atoms with Gasteiger partial charge >= 0.3 is 5.97 Å². The van der Waals surface area contributed by atoms with Crippen molar-refractivity contribution in [2.24, 2.45) is 5.92 Å². The second-order valence-electron chi connectivity index (χ2n) is 10.2. The first-order valence-corrected chi connectivity index (χ1v) is 13.4. The van der Waals surface area contributed by atoms with E-state index in [1.54, 1.807) is 14.0 Å². The van der Waals surface area contributed by atoms with E-state index in [0.29, 0.717) is 36.9 Å². The summed E-state index contributed by atoms with van der Waals surface area (Å²) >= 11 is 0. The summed E-state index contributed by atoms with van der Waals surface area (Å²) < 4.78 is 5.00. The summed E-state index contributed by atoms with van der Waals surface area (Å²) in [7, 11) is 1.58. The number of nitrogens with one attached hydrogen (secondary N) is 1. The molecular weight excluding hydrogens is 512 g/mol. The average Bonchev–Trinajstić information content (AvgIpc) is 2.94. The lowest BCUT2D eigenvalue weighted by atomic mass is 9.92. The smallest absolute Gasteiger partial charge is 0.322 e. The first-order chi connectivity index (χ1) is 19.2. The van der Waals surface area contributed by atoms with Crippen LogP contribution in [0.25, 0.3) is 11.1 Å². The minimum atomic E-state index is -1.18. The fraction of sp³-hybridized carbons (Fsp3) is 0.400. The third-order valence-corrected chi connectivity index (χ3v) is 7.16. The number of carbonyl (C=O) groups is 2. The number of benzene rings is 2. The Bertz CT molecular complexity index is 1310. The number of nitrogens with zero attached hydrogens (tertiary/aromatic N) is 3. The van der Waals surface area contributed by atoms with Gasteiger partial charge in [0.25, 0.3) is 5.91 Å². The van der Waals surface area contributed by atoms with E-state index in [-0.39, 0.29) is 11.4 Å². The van der Waals surface area contributed by atoms with Gasteiger partial charge in [-0.1, -0.05) is 36.4 Å². The summed E-state index contributed by atoms with van der Waals surface area (Å²) in [6.45, 7) is 3.13. The molecule has 3 aromatic rings. The van der Waals surface area contributed by atoms with Crippen LogP contribution in [-0.4, -0.2) is 76.6 Å².